The van der Waals surface area contributed by atoms with Crippen molar-refractivity contribution in [1.29, 1.82) is 0 Å². The summed E-state index contributed by atoms with van der Waals surface area (Å²) in [5.74, 6) is 0.702. The minimum absolute atomic E-state index is 0.142. The number of nitrogens with zero attached hydrogens (tertiary/aromatic N) is 3. The van der Waals surface area contributed by atoms with Gasteiger partial charge in [-0.3, -0.25) is 9.97 Å². The van der Waals surface area contributed by atoms with Crippen LogP contribution in [0.4, 0.5) is 0 Å². The highest BCUT2D eigenvalue weighted by atomic mass is 35.5. The Morgan fingerprint density at radius 3 is 2.65 bits per heavy atom. The lowest BCUT2D eigenvalue weighted by Gasteiger charge is -2.41. The number of fused-ring (bicyclic) bond motifs is 1. The number of aromatic nitrogens is 2. The van der Waals surface area contributed by atoms with Gasteiger partial charge in [0, 0.05) is 36.1 Å². The molecule has 0 saturated carbocycles. The summed E-state index contributed by atoms with van der Waals surface area (Å²) in [4.78, 5) is 11.0. The molecule has 0 aliphatic carbocycles. The second-order valence-electron chi connectivity index (χ2n) is 9.42. The molecule has 3 heterocycles. The van der Waals surface area contributed by atoms with Gasteiger partial charge in [0.1, 0.15) is 5.75 Å². The molecule has 0 spiro atoms. The molecular formula is C27H34ClN3O3. The number of hydrogen-bond acceptors (Lipinski definition) is 6. The molecule has 1 fully saturated rings. The Kier molecular flexibility index (Phi) is 8.37. The third-order valence-corrected chi connectivity index (χ3v) is 7.59. The van der Waals surface area contributed by atoms with Gasteiger partial charge in [0.15, 0.2) is 0 Å². The molecule has 1 aliphatic heterocycles. The molecule has 3 aromatic rings. The zero-order valence-corrected chi connectivity index (χ0v) is 20.5. The van der Waals surface area contributed by atoms with E-state index >= 15 is 0 Å². The number of methoxy groups -OCH3 is 1. The zero-order valence-electron chi connectivity index (χ0n) is 19.8. The lowest BCUT2D eigenvalue weighted by molar-refractivity contribution is 0.0234. The van der Waals surface area contributed by atoms with Crippen molar-refractivity contribution in [2.24, 2.45) is 5.41 Å². The molecule has 0 bridgehead atoms. The Hall–Kier alpha value is -2.25. The Morgan fingerprint density at radius 2 is 1.94 bits per heavy atom. The molecule has 34 heavy (non-hydrogen) atoms. The predicted octanol–water partition coefficient (Wildman–Crippen LogP) is 4.81. The fourth-order valence-electron chi connectivity index (χ4n) is 5.02. The van der Waals surface area contributed by atoms with Crippen LogP contribution < -0.4 is 4.74 Å². The maximum atomic E-state index is 11.1. The van der Waals surface area contributed by atoms with Crippen molar-refractivity contribution < 1.29 is 14.9 Å². The average Bonchev–Trinajstić information content (AvgIpc) is 2.88. The smallest absolute Gasteiger partial charge is 0.119 e. The Bertz CT molecular complexity index is 1070. The summed E-state index contributed by atoms with van der Waals surface area (Å²) in [7, 11) is 1.62. The molecule has 1 atom stereocenters. The quantitative estimate of drug-likeness (QED) is 0.430. The molecule has 0 amide bonds. The van der Waals surface area contributed by atoms with Crippen LogP contribution >= 0.6 is 11.6 Å². The van der Waals surface area contributed by atoms with Gasteiger partial charge in [0.25, 0.3) is 0 Å². The Morgan fingerprint density at radius 1 is 1.18 bits per heavy atom. The molecule has 1 aliphatic rings. The van der Waals surface area contributed by atoms with E-state index in [9.17, 15) is 10.2 Å². The van der Waals surface area contributed by atoms with Gasteiger partial charge in [-0.2, -0.15) is 0 Å². The molecule has 6 nitrogen and oxygen atoms in total. The van der Waals surface area contributed by atoms with Crippen molar-refractivity contribution in [2.45, 2.75) is 44.6 Å². The molecule has 0 radical (unpaired) electrons. The van der Waals surface area contributed by atoms with Crippen LogP contribution in [0.3, 0.4) is 0 Å². The summed E-state index contributed by atoms with van der Waals surface area (Å²) in [5, 5.41) is 22.7. The van der Waals surface area contributed by atoms with Gasteiger partial charge in [-0.25, -0.2) is 0 Å². The topological polar surface area (TPSA) is 78.7 Å². The first kappa shape index (κ1) is 24.9. The highest BCUT2D eigenvalue weighted by Crippen LogP contribution is 2.40. The minimum atomic E-state index is -0.730. The molecule has 1 saturated heterocycles. The van der Waals surface area contributed by atoms with E-state index in [4.69, 9.17) is 16.3 Å². The molecule has 2 aromatic heterocycles. The van der Waals surface area contributed by atoms with Crippen molar-refractivity contribution in [2.75, 3.05) is 33.4 Å². The van der Waals surface area contributed by atoms with Gasteiger partial charge in [-0.1, -0.05) is 11.6 Å². The first-order chi connectivity index (χ1) is 16.5. The number of hydrogen-bond donors (Lipinski definition) is 2. The molecule has 182 valence electrons. The number of aliphatic hydroxyl groups is 2. The third-order valence-electron chi connectivity index (χ3n) is 7.29. The van der Waals surface area contributed by atoms with Crippen LogP contribution in [-0.2, 0) is 6.42 Å². The number of pyridine rings is 2. The van der Waals surface area contributed by atoms with E-state index in [0.717, 1.165) is 62.6 Å². The van der Waals surface area contributed by atoms with E-state index in [1.54, 1.807) is 13.3 Å². The Labute approximate surface area is 206 Å². The second-order valence-corrected chi connectivity index (χ2v) is 9.82. The van der Waals surface area contributed by atoms with Gasteiger partial charge < -0.3 is 19.8 Å². The fraction of sp³-hybridized carbons (Fsp3) is 0.481. The van der Waals surface area contributed by atoms with Crippen molar-refractivity contribution in [3.05, 3.63) is 65.1 Å². The van der Waals surface area contributed by atoms with Gasteiger partial charge in [-0.15, -0.1) is 0 Å². The van der Waals surface area contributed by atoms with Crippen LogP contribution in [0.25, 0.3) is 10.9 Å². The molecule has 2 N–H and O–H groups in total. The van der Waals surface area contributed by atoms with E-state index in [1.165, 1.54) is 5.56 Å². The zero-order chi connectivity index (χ0) is 24.0. The highest BCUT2D eigenvalue weighted by Gasteiger charge is 2.34. The van der Waals surface area contributed by atoms with Crippen molar-refractivity contribution in [1.82, 2.24) is 14.9 Å². The van der Waals surface area contributed by atoms with E-state index in [0.29, 0.717) is 22.8 Å². The van der Waals surface area contributed by atoms with E-state index < -0.39 is 6.10 Å². The van der Waals surface area contributed by atoms with Crippen molar-refractivity contribution in [3.8, 4) is 5.75 Å². The summed E-state index contributed by atoms with van der Waals surface area (Å²) < 4.78 is 5.36. The number of likely N-dealkylation sites (tertiary alicyclic amines) is 1. The first-order valence-corrected chi connectivity index (χ1v) is 12.4. The summed E-state index contributed by atoms with van der Waals surface area (Å²) >= 11 is 6.47. The SMILES string of the molecule is COc1ccc2ncc(Cl)c([C@H](O)CCC3(CO)CCN(CCCc4ccncc4)CC3)c2c1. The number of benzene rings is 1. The summed E-state index contributed by atoms with van der Waals surface area (Å²) in [6.07, 6.45) is 9.89. The van der Waals surface area contributed by atoms with Crippen molar-refractivity contribution >= 4 is 22.5 Å². The van der Waals surface area contributed by atoms with Crippen LogP contribution in [0, 0.1) is 5.41 Å². The minimum Gasteiger partial charge on any atom is -0.497 e. The highest BCUT2D eigenvalue weighted by molar-refractivity contribution is 6.32. The maximum absolute atomic E-state index is 11.1. The maximum Gasteiger partial charge on any atom is 0.119 e. The second kappa shape index (κ2) is 11.5. The molecule has 7 heteroatoms. The molecule has 0 unspecified atom stereocenters. The van der Waals surface area contributed by atoms with Crippen LogP contribution in [0.2, 0.25) is 5.02 Å². The number of rotatable bonds is 10. The Balaban J connectivity index is 1.34. The van der Waals surface area contributed by atoms with Crippen LogP contribution in [0.5, 0.6) is 5.75 Å². The lowest BCUT2D eigenvalue weighted by atomic mass is 9.74. The molecule has 1 aromatic carbocycles. The standard InChI is InChI=1S/C27H34ClN3O3/c1-34-21-4-5-24-22(17-21)26(23(28)18-30-24)25(33)6-9-27(19-32)10-15-31(16-11-27)14-2-3-20-7-12-29-13-8-20/h4-5,7-8,12-13,17-18,25,32-33H,2-3,6,9-11,14-16,19H2,1H3/t25-/m1/s1. The first-order valence-electron chi connectivity index (χ1n) is 12.1. The van der Waals surface area contributed by atoms with Gasteiger partial charge in [0.05, 0.1) is 23.8 Å². The predicted molar refractivity (Wildman–Crippen MR) is 135 cm³/mol. The van der Waals surface area contributed by atoms with Crippen molar-refractivity contribution in [3.63, 3.8) is 0 Å². The third kappa shape index (κ3) is 5.87. The lowest BCUT2D eigenvalue weighted by Crippen LogP contribution is -2.42. The summed E-state index contributed by atoms with van der Waals surface area (Å²) in [6, 6.07) is 9.75. The van der Waals surface area contributed by atoms with Gasteiger partial charge in [-0.05, 0) is 99.5 Å². The van der Waals surface area contributed by atoms with Crippen LogP contribution in [0.15, 0.2) is 48.9 Å². The average molecular weight is 484 g/mol. The fourth-order valence-corrected chi connectivity index (χ4v) is 5.29. The molecule has 4 rings (SSSR count). The van der Waals surface area contributed by atoms with Gasteiger partial charge in [0.2, 0.25) is 0 Å². The van der Waals surface area contributed by atoms with Gasteiger partial charge >= 0.3 is 0 Å². The monoisotopic (exact) mass is 483 g/mol. The molecular weight excluding hydrogens is 450 g/mol. The van der Waals surface area contributed by atoms with Crippen LogP contribution in [-0.4, -0.2) is 58.4 Å². The van der Waals surface area contributed by atoms with E-state index in [-0.39, 0.29) is 12.0 Å². The summed E-state index contributed by atoms with van der Waals surface area (Å²) in [6.45, 7) is 3.16. The number of piperidine rings is 1. The summed E-state index contributed by atoms with van der Waals surface area (Å²) in [5.41, 5.74) is 2.63. The number of aryl methyl sites for hydroxylation is 1. The van der Waals surface area contributed by atoms with Crippen LogP contribution in [0.1, 0.15) is 49.3 Å². The number of halogens is 1. The number of aliphatic hydroxyl groups excluding tert-OH is 2. The van der Waals surface area contributed by atoms with E-state index in [2.05, 4.69) is 27.0 Å². The van der Waals surface area contributed by atoms with E-state index in [1.807, 2.05) is 30.6 Å². The normalized spacial score (nSPS) is 17.1. The number of ether oxygens (including phenoxy) is 1. The largest absolute Gasteiger partial charge is 0.497 e.